The lowest BCUT2D eigenvalue weighted by molar-refractivity contribution is -0.136. The Morgan fingerprint density at radius 1 is 1.50 bits per heavy atom. The summed E-state index contributed by atoms with van der Waals surface area (Å²) in [7, 11) is 1.52. The molecule has 0 amide bonds. The third-order valence-electron chi connectivity index (χ3n) is 2.35. The molecule has 0 aliphatic carbocycles. The number of carbonyl (C=O) groups is 1. The van der Waals surface area contributed by atoms with Gasteiger partial charge in [0.05, 0.1) is 19.2 Å². The molecule has 18 heavy (non-hydrogen) atoms. The normalized spacial score (nSPS) is 10.3. The number of carboxylic acid groups (broad SMARTS) is 1. The van der Waals surface area contributed by atoms with Crippen molar-refractivity contribution in [1.29, 1.82) is 0 Å². The number of hydrogen-bond acceptors (Lipinski definition) is 4. The number of rotatable bonds is 4. The Bertz CT molecular complexity index is 583. The molecule has 7 heteroatoms. The highest BCUT2D eigenvalue weighted by Crippen LogP contribution is 2.25. The van der Waals surface area contributed by atoms with Crippen molar-refractivity contribution in [3.8, 4) is 11.4 Å². The number of halogens is 1. The molecule has 0 aliphatic heterocycles. The van der Waals surface area contributed by atoms with E-state index in [2.05, 4.69) is 10.3 Å². The number of aromatic nitrogens is 3. The fourth-order valence-corrected chi connectivity index (χ4v) is 1.75. The highest BCUT2D eigenvalue weighted by Gasteiger charge is 2.17. The van der Waals surface area contributed by atoms with Gasteiger partial charge in [-0.25, -0.2) is 4.68 Å². The van der Waals surface area contributed by atoms with Gasteiger partial charge in [0.1, 0.15) is 11.4 Å². The first-order valence-electron chi connectivity index (χ1n) is 5.08. The molecule has 1 N–H and O–H groups in total. The van der Waals surface area contributed by atoms with Crippen LogP contribution < -0.4 is 4.74 Å². The summed E-state index contributed by atoms with van der Waals surface area (Å²) in [4.78, 5) is 10.8. The van der Waals surface area contributed by atoms with Crippen LogP contribution in [0.4, 0.5) is 0 Å². The Morgan fingerprint density at radius 2 is 2.22 bits per heavy atom. The van der Waals surface area contributed by atoms with Crippen molar-refractivity contribution in [3.63, 3.8) is 0 Å². The van der Waals surface area contributed by atoms with Crippen LogP contribution in [-0.4, -0.2) is 33.2 Å². The molecule has 1 aromatic carbocycles. The van der Waals surface area contributed by atoms with Crippen molar-refractivity contribution in [2.24, 2.45) is 0 Å². The predicted molar refractivity (Wildman–Crippen MR) is 64.3 cm³/mol. The molecule has 0 saturated carbocycles. The second kappa shape index (κ2) is 5.05. The molecule has 0 radical (unpaired) electrons. The van der Waals surface area contributed by atoms with Gasteiger partial charge in [-0.2, -0.15) is 0 Å². The molecule has 6 nitrogen and oxygen atoms in total. The number of aliphatic carboxylic acids is 1. The molecule has 0 atom stereocenters. The molecular weight excluding hydrogens is 258 g/mol. The van der Waals surface area contributed by atoms with Crippen LogP contribution >= 0.6 is 11.6 Å². The van der Waals surface area contributed by atoms with E-state index in [0.29, 0.717) is 17.1 Å². The monoisotopic (exact) mass is 267 g/mol. The molecule has 0 fully saturated rings. The highest BCUT2D eigenvalue weighted by atomic mass is 35.5. The molecule has 94 valence electrons. The van der Waals surface area contributed by atoms with Crippen LogP contribution in [0.1, 0.15) is 5.69 Å². The van der Waals surface area contributed by atoms with Crippen LogP contribution in [0.5, 0.6) is 5.75 Å². The fourth-order valence-electron chi connectivity index (χ4n) is 1.57. The minimum atomic E-state index is -1.00. The summed E-state index contributed by atoms with van der Waals surface area (Å²) in [6.07, 6.45) is -0.260. The van der Waals surface area contributed by atoms with Crippen LogP contribution in [-0.2, 0) is 11.2 Å². The van der Waals surface area contributed by atoms with Gasteiger partial charge in [-0.3, -0.25) is 4.79 Å². The summed E-state index contributed by atoms with van der Waals surface area (Å²) in [6.45, 7) is 0. The Labute approximate surface area is 108 Å². The minimum Gasteiger partial charge on any atom is -0.494 e. The van der Waals surface area contributed by atoms with Gasteiger partial charge in [0.15, 0.2) is 5.15 Å². The molecular formula is C11H10ClN3O3. The molecule has 2 aromatic rings. The average molecular weight is 268 g/mol. The molecule has 1 aromatic heterocycles. The summed E-state index contributed by atoms with van der Waals surface area (Å²) in [5.74, 6) is -0.443. The number of nitrogens with zero attached hydrogens (tertiary/aromatic N) is 3. The van der Waals surface area contributed by atoms with Crippen molar-refractivity contribution in [1.82, 2.24) is 15.0 Å². The largest absolute Gasteiger partial charge is 0.494 e. The summed E-state index contributed by atoms with van der Waals surface area (Å²) < 4.78 is 6.56. The Kier molecular flexibility index (Phi) is 3.47. The number of ether oxygens (including phenoxy) is 1. The molecule has 0 saturated heterocycles. The summed E-state index contributed by atoms with van der Waals surface area (Å²) >= 11 is 5.84. The third kappa shape index (κ3) is 2.28. The van der Waals surface area contributed by atoms with E-state index in [0.717, 1.165) is 0 Å². The standard InChI is InChI=1S/C11H10ClN3O3/c1-18-9-5-3-2-4-7(9)15-8(6-10(16)17)11(12)13-14-15/h2-5H,6H2,1H3,(H,16,17). The van der Waals surface area contributed by atoms with Gasteiger partial charge in [0.2, 0.25) is 0 Å². The maximum absolute atomic E-state index is 10.8. The number of carboxylic acids is 1. The first-order chi connectivity index (χ1) is 8.63. The van der Waals surface area contributed by atoms with Crippen LogP contribution in [0.25, 0.3) is 5.69 Å². The molecule has 0 bridgehead atoms. The van der Waals surface area contributed by atoms with Gasteiger partial charge in [-0.05, 0) is 12.1 Å². The summed E-state index contributed by atoms with van der Waals surface area (Å²) in [5.41, 5.74) is 0.907. The van der Waals surface area contributed by atoms with Crippen molar-refractivity contribution in [2.75, 3.05) is 7.11 Å². The molecule has 0 aliphatic rings. The van der Waals surface area contributed by atoms with E-state index in [9.17, 15) is 4.79 Å². The van der Waals surface area contributed by atoms with Gasteiger partial charge in [0, 0.05) is 0 Å². The number of para-hydroxylation sites is 2. The van der Waals surface area contributed by atoms with Gasteiger partial charge < -0.3 is 9.84 Å². The van der Waals surface area contributed by atoms with E-state index in [4.69, 9.17) is 21.4 Å². The lowest BCUT2D eigenvalue weighted by atomic mass is 10.2. The maximum atomic E-state index is 10.8. The number of methoxy groups -OCH3 is 1. The van der Waals surface area contributed by atoms with Crippen LogP contribution in [0.2, 0.25) is 5.15 Å². The maximum Gasteiger partial charge on any atom is 0.309 e. The summed E-state index contributed by atoms with van der Waals surface area (Å²) in [5, 5.41) is 16.4. The molecule has 1 heterocycles. The quantitative estimate of drug-likeness (QED) is 0.909. The first-order valence-corrected chi connectivity index (χ1v) is 5.46. The van der Waals surface area contributed by atoms with Crippen LogP contribution in [0.15, 0.2) is 24.3 Å². The third-order valence-corrected chi connectivity index (χ3v) is 2.64. The van der Waals surface area contributed by atoms with E-state index in [-0.39, 0.29) is 11.6 Å². The Hall–Kier alpha value is -2.08. The lowest BCUT2D eigenvalue weighted by Crippen LogP contribution is -2.09. The topological polar surface area (TPSA) is 77.2 Å². The Morgan fingerprint density at radius 3 is 2.89 bits per heavy atom. The van der Waals surface area contributed by atoms with E-state index in [1.165, 1.54) is 11.8 Å². The van der Waals surface area contributed by atoms with Gasteiger partial charge in [-0.1, -0.05) is 28.9 Å². The van der Waals surface area contributed by atoms with Gasteiger partial charge >= 0.3 is 5.97 Å². The zero-order valence-electron chi connectivity index (χ0n) is 9.50. The number of benzene rings is 1. The van der Waals surface area contributed by atoms with Crippen LogP contribution in [0, 0.1) is 0 Å². The van der Waals surface area contributed by atoms with Crippen molar-refractivity contribution >= 4 is 17.6 Å². The first kappa shape index (κ1) is 12.4. The number of hydrogen-bond donors (Lipinski definition) is 1. The van der Waals surface area contributed by atoms with E-state index in [1.807, 2.05) is 0 Å². The predicted octanol–water partition coefficient (Wildman–Crippen LogP) is 1.56. The zero-order valence-corrected chi connectivity index (χ0v) is 10.3. The zero-order chi connectivity index (χ0) is 13.1. The van der Waals surface area contributed by atoms with Gasteiger partial charge in [-0.15, -0.1) is 5.10 Å². The van der Waals surface area contributed by atoms with Crippen molar-refractivity contribution in [3.05, 3.63) is 35.1 Å². The van der Waals surface area contributed by atoms with E-state index >= 15 is 0 Å². The minimum absolute atomic E-state index is 0.0725. The van der Waals surface area contributed by atoms with E-state index in [1.54, 1.807) is 24.3 Å². The van der Waals surface area contributed by atoms with Crippen LogP contribution in [0.3, 0.4) is 0 Å². The van der Waals surface area contributed by atoms with E-state index < -0.39 is 5.97 Å². The van der Waals surface area contributed by atoms with Crippen molar-refractivity contribution < 1.29 is 14.6 Å². The highest BCUT2D eigenvalue weighted by molar-refractivity contribution is 6.30. The molecule has 2 rings (SSSR count). The van der Waals surface area contributed by atoms with Crippen molar-refractivity contribution in [2.45, 2.75) is 6.42 Å². The van der Waals surface area contributed by atoms with Gasteiger partial charge in [0.25, 0.3) is 0 Å². The molecule has 0 unspecified atom stereocenters. The second-order valence-electron chi connectivity index (χ2n) is 3.48. The second-order valence-corrected chi connectivity index (χ2v) is 3.84. The SMILES string of the molecule is COc1ccccc1-n1nnc(Cl)c1CC(=O)O. The molecule has 0 spiro atoms. The average Bonchev–Trinajstić information content (AvgIpc) is 2.70. The fraction of sp³-hybridized carbons (Fsp3) is 0.182. The smallest absolute Gasteiger partial charge is 0.309 e. The Balaban J connectivity index is 2.53. The lowest BCUT2D eigenvalue weighted by Gasteiger charge is -2.09. The summed E-state index contributed by atoms with van der Waals surface area (Å²) in [6, 6.07) is 7.08.